The molecule has 2 saturated heterocycles. The predicted molar refractivity (Wildman–Crippen MR) is 128 cm³/mol. The van der Waals surface area contributed by atoms with Crippen LogP contribution in [0.1, 0.15) is 24.0 Å². The Morgan fingerprint density at radius 2 is 1.76 bits per heavy atom. The summed E-state index contributed by atoms with van der Waals surface area (Å²) in [5.41, 5.74) is 2.11. The highest BCUT2D eigenvalue weighted by atomic mass is 32.2. The summed E-state index contributed by atoms with van der Waals surface area (Å²) in [4.78, 5) is 5.33. The van der Waals surface area contributed by atoms with Gasteiger partial charge in [0.1, 0.15) is 6.07 Å². The molecule has 0 radical (unpaired) electrons. The molecule has 1 aromatic heterocycles. The van der Waals surface area contributed by atoms with Gasteiger partial charge in [-0.3, -0.25) is 9.62 Å². The maximum atomic E-state index is 13.1. The molecule has 5 rings (SSSR count). The highest BCUT2D eigenvalue weighted by Crippen LogP contribution is 2.31. The van der Waals surface area contributed by atoms with Crippen LogP contribution < -0.4 is 4.72 Å². The molecule has 3 aromatic rings. The minimum absolute atomic E-state index is 0.0483. The molecule has 2 aliphatic heterocycles. The van der Waals surface area contributed by atoms with Gasteiger partial charge in [-0.25, -0.2) is 16.8 Å². The highest BCUT2D eigenvalue weighted by molar-refractivity contribution is 7.92. The normalized spacial score (nSPS) is 19.7. The number of hydrogen-bond donors (Lipinski definition) is 2. The predicted octanol–water partition coefficient (Wildman–Crippen LogP) is 2.62. The van der Waals surface area contributed by atoms with Gasteiger partial charge in [0.15, 0.2) is 0 Å². The van der Waals surface area contributed by atoms with Crippen LogP contribution in [0.25, 0.3) is 10.9 Å². The second-order valence-corrected chi connectivity index (χ2v) is 12.4. The Kier molecular flexibility index (Phi) is 5.64. The van der Waals surface area contributed by atoms with Crippen LogP contribution in [0.15, 0.2) is 52.4 Å². The second kappa shape index (κ2) is 8.39. The average molecular weight is 500 g/mol. The van der Waals surface area contributed by atoms with Gasteiger partial charge < -0.3 is 4.98 Å². The van der Waals surface area contributed by atoms with Crippen LogP contribution in [0.4, 0.5) is 5.69 Å². The fourth-order valence-corrected chi connectivity index (χ4v) is 7.46. The fourth-order valence-electron chi connectivity index (χ4n) is 4.92. The van der Waals surface area contributed by atoms with Crippen molar-refractivity contribution in [1.82, 2.24) is 14.2 Å². The summed E-state index contributed by atoms with van der Waals surface area (Å²) in [6.07, 6.45) is 3.63. The highest BCUT2D eigenvalue weighted by Gasteiger charge is 2.36. The number of benzene rings is 2. The summed E-state index contributed by atoms with van der Waals surface area (Å²) in [5.74, 6) is 0. The lowest BCUT2D eigenvalue weighted by molar-refractivity contribution is 0.158. The largest absolute Gasteiger partial charge is 0.358 e. The van der Waals surface area contributed by atoms with Crippen molar-refractivity contribution in [3.05, 3.63) is 53.7 Å². The number of anilines is 1. The molecule has 2 N–H and O–H groups in total. The Bertz CT molecular complexity index is 1510. The summed E-state index contributed by atoms with van der Waals surface area (Å²) < 4.78 is 56.4. The van der Waals surface area contributed by atoms with Gasteiger partial charge in [-0.05, 0) is 62.2 Å². The summed E-state index contributed by atoms with van der Waals surface area (Å²) >= 11 is 0. The third kappa shape index (κ3) is 3.86. The monoisotopic (exact) mass is 499 g/mol. The van der Waals surface area contributed by atoms with Crippen molar-refractivity contribution in [2.45, 2.75) is 35.6 Å². The maximum absolute atomic E-state index is 13.1. The van der Waals surface area contributed by atoms with Crippen LogP contribution in [0.2, 0.25) is 0 Å². The lowest BCUT2D eigenvalue weighted by atomic mass is 10.1. The Morgan fingerprint density at radius 1 is 1.03 bits per heavy atom. The van der Waals surface area contributed by atoms with Crippen LogP contribution in [0, 0.1) is 18.3 Å². The van der Waals surface area contributed by atoms with Gasteiger partial charge in [0.05, 0.1) is 26.6 Å². The number of aromatic amines is 1. The number of sulfonamides is 2. The van der Waals surface area contributed by atoms with Gasteiger partial charge in [-0.1, -0.05) is 6.07 Å². The number of nitrogens with one attached hydrogen (secondary N) is 2. The first-order valence-electron chi connectivity index (χ1n) is 11.1. The quantitative estimate of drug-likeness (QED) is 0.556. The number of rotatable bonds is 5. The van der Waals surface area contributed by atoms with Gasteiger partial charge in [-0.15, -0.1) is 0 Å². The molecular formula is C23H25N5O4S2. The van der Waals surface area contributed by atoms with Crippen molar-refractivity contribution < 1.29 is 16.8 Å². The van der Waals surface area contributed by atoms with Crippen molar-refractivity contribution in [3.63, 3.8) is 0 Å². The molecule has 0 bridgehead atoms. The molecule has 0 amide bonds. The van der Waals surface area contributed by atoms with Crippen molar-refractivity contribution in [2.24, 2.45) is 0 Å². The lowest BCUT2D eigenvalue weighted by Crippen LogP contribution is -2.51. The van der Waals surface area contributed by atoms with Gasteiger partial charge in [0.25, 0.3) is 10.0 Å². The van der Waals surface area contributed by atoms with E-state index in [9.17, 15) is 22.1 Å². The molecule has 0 aliphatic carbocycles. The topological polar surface area (TPSA) is 126 Å². The van der Waals surface area contributed by atoms with Gasteiger partial charge in [-0.2, -0.15) is 9.57 Å². The first-order chi connectivity index (χ1) is 16.2. The number of H-pyrrole nitrogens is 1. The average Bonchev–Trinajstić information content (AvgIpc) is 3.48. The zero-order valence-electron chi connectivity index (χ0n) is 18.7. The van der Waals surface area contributed by atoms with Crippen molar-refractivity contribution in [3.8, 4) is 6.07 Å². The molecule has 9 nitrogen and oxygen atoms in total. The minimum atomic E-state index is -3.98. The molecule has 34 heavy (non-hydrogen) atoms. The van der Waals surface area contributed by atoms with Crippen molar-refractivity contribution in [2.75, 3.05) is 30.9 Å². The van der Waals surface area contributed by atoms with E-state index in [1.165, 1.54) is 28.6 Å². The lowest BCUT2D eigenvalue weighted by Gasteiger charge is -2.36. The molecule has 178 valence electrons. The maximum Gasteiger partial charge on any atom is 0.261 e. The number of aromatic nitrogens is 1. The van der Waals surface area contributed by atoms with Gasteiger partial charge >= 0.3 is 0 Å². The molecule has 2 fully saturated rings. The first-order valence-corrected chi connectivity index (χ1v) is 14.0. The SMILES string of the molecule is Cc1ccc(NS(=O)(=O)c2ccc(S(=O)(=O)N3CCN4CCCC4C3)cc2)c2[nH]cc(C#N)c12. The van der Waals surface area contributed by atoms with E-state index in [0.717, 1.165) is 31.5 Å². The number of hydrogen-bond acceptors (Lipinski definition) is 6. The Hall–Kier alpha value is -2.91. The van der Waals surface area contributed by atoms with Crippen LogP contribution in [0.5, 0.6) is 0 Å². The second-order valence-electron chi connectivity index (χ2n) is 8.77. The molecule has 0 spiro atoms. The zero-order valence-corrected chi connectivity index (χ0v) is 20.3. The van der Waals surface area contributed by atoms with E-state index in [4.69, 9.17) is 0 Å². The third-order valence-corrected chi connectivity index (χ3v) is 9.99. The van der Waals surface area contributed by atoms with E-state index in [2.05, 4.69) is 20.7 Å². The van der Waals surface area contributed by atoms with Crippen LogP contribution in [-0.4, -0.2) is 63.2 Å². The van der Waals surface area contributed by atoms with E-state index in [-0.39, 0.29) is 15.8 Å². The smallest absolute Gasteiger partial charge is 0.261 e. The van der Waals surface area contributed by atoms with Crippen molar-refractivity contribution >= 4 is 36.6 Å². The third-order valence-electron chi connectivity index (χ3n) is 6.73. The summed E-state index contributed by atoms with van der Waals surface area (Å²) in [5, 5.41) is 9.98. The van der Waals surface area contributed by atoms with Crippen LogP contribution >= 0.6 is 0 Å². The molecule has 0 saturated carbocycles. The standard InChI is InChI=1S/C23H25N5O4S2/c1-16-4-9-21(23-22(16)17(13-24)14-25-23)26-33(29,30)19-5-7-20(8-6-19)34(31,32)28-12-11-27-10-2-3-18(27)15-28/h4-9,14,18,25-26H,2-3,10-12,15H2,1H3. The summed E-state index contributed by atoms with van der Waals surface area (Å²) in [6.45, 7) is 4.49. The number of nitrogens with zero attached hydrogens (tertiary/aromatic N) is 3. The molecule has 3 heterocycles. The summed E-state index contributed by atoms with van der Waals surface area (Å²) in [7, 11) is -7.68. The molecule has 2 aromatic carbocycles. The number of fused-ring (bicyclic) bond motifs is 2. The first kappa shape index (κ1) is 22.9. The summed E-state index contributed by atoms with van der Waals surface area (Å²) in [6, 6.07) is 11.0. The molecular weight excluding hydrogens is 474 g/mol. The van der Waals surface area contributed by atoms with Gasteiger partial charge in [0.2, 0.25) is 10.0 Å². The molecule has 1 atom stereocenters. The van der Waals surface area contributed by atoms with E-state index in [1.807, 2.05) is 6.92 Å². The number of piperazine rings is 1. The van der Waals surface area contributed by atoms with Crippen molar-refractivity contribution in [1.29, 1.82) is 5.26 Å². The minimum Gasteiger partial charge on any atom is -0.358 e. The van der Waals surface area contributed by atoms with E-state index >= 15 is 0 Å². The molecule has 1 unspecified atom stereocenters. The number of nitriles is 1. The number of aryl methyl sites for hydroxylation is 1. The van der Waals surface area contributed by atoms with E-state index in [1.54, 1.807) is 18.3 Å². The Labute approximate surface area is 199 Å². The van der Waals surface area contributed by atoms with Crippen LogP contribution in [0.3, 0.4) is 0 Å². The van der Waals surface area contributed by atoms with E-state index < -0.39 is 20.0 Å². The molecule has 2 aliphatic rings. The van der Waals surface area contributed by atoms with Crippen LogP contribution in [-0.2, 0) is 20.0 Å². The van der Waals surface area contributed by atoms with Gasteiger partial charge in [0, 0.05) is 37.3 Å². The van der Waals surface area contributed by atoms with E-state index in [0.29, 0.717) is 35.2 Å². The Balaban J connectivity index is 1.39. The fraction of sp³-hybridized carbons (Fsp3) is 0.348. The zero-order chi connectivity index (χ0) is 24.1. The Morgan fingerprint density at radius 3 is 2.50 bits per heavy atom. The molecule has 11 heteroatoms.